The monoisotopic (exact) mass is 355 g/mol. The van der Waals surface area contributed by atoms with Crippen LogP contribution in [0.1, 0.15) is 34.5 Å². The largest absolute Gasteiger partial charge is 0.292 e. The van der Waals surface area contributed by atoms with E-state index in [1.54, 1.807) is 24.3 Å². The van der Waals surface area contributed by atoms with Crippen molar-refractivity contribution < 1.29 is 4.79 Å². The summed E-state index contributed by atoms with van der Waals surface area (Å²) < 4.78 is 1.32. The Balaban J connectivity index is 1.93. The number of aryl methyl sites for hydroxylation is 2. The fourth-order valence-corrected chi connectivity index (χ4v) is 2.98. The number of aromatic nitrogens is 3. The third kappa shape index (κ3) is 3.63. The Morgan fingerprint density at radius 1 is 1.36 bits per heavy atom. The summed E-state index contributed by atoms with van der Waals surface area (Å²) in [5.74, 6) is -0.468. The molecular formula is C17H17N5O2S. The van der Waals surface area contributed by atoms with E-state index in [0.29, 0.717) is 23.0 Å². The number of hydrazone groups is 1. The molecule has 128 valence electrons. The lowest BCUT2D eigenvalue weighted by Crippen LogP contribution is -2.29. The first kappa shape index (κ1) is 17.0. The Morgan fingerprint density at radius 2 is 2.12 bits per heavy atom. The highest BCUT2D eigenvalue weighted by molar-refractivity contribution is 7.09. The van der Waals surface area contributed by atoms with Gasteiger partial charge in [-0.15, -0.1) is 11.3 Å². The van der Waals surface area contributed by atoms with Crippen molar-refractivity contribution in [2.45, 2.75) is 26.8 Å². The third-order valence-electron chi connectivity index (χ3n) is 3.52. The third-order valence-corrected chi connectivity index (χ3v) is 4.31. The van der Waals surface area contributed by atoms with E-state index >= 15 is 0 Å². The zero-order valence-electron chi connectivity index (χ0n) is 13.9. The number of benzene rings is 1. The molecule has 0 aliphatic carbocycles. The number of fused-ring (bicyclic) bond motifs is 1. The summed E-state index contributed by atoms with van der Waals surface area (Å²) in [6.45, 7) is 4.29. The average Bonchev–Trinajstić information content (AvgIpc) is 3.03. The van der Waals surface area contributed by atoms with Gasteiger partial charge in [0, 0.05) is 17.3 Å². The Morgan fingerprint density at radius 3 is 2.80 bits per heavy atom. The van der Waals surface area contributed by atoms with Crippen molar-refractivity contribution >= 4 is 34.2 Å². The van der Waals surface area contributed by atoms with Gasteiger partial charge in [-0.2, -0.15) is 10.2 Å². The van der Waals surface area contributed by atoms with Crippen LogP contribution in [0, 0.1) is 6.92 Å². The van der Waals surface area contributed by atoms with Crippen LogP contribution in [0.2, 0.25) is 0 Å². The van der Waals surface area contributed by atoms with Gasteiger partial charge in [0.2, 0.25) is 0 Å². The number of carbonyl (C=O) groups is 1. The molecule has 3 rings (SSSR count). The quantitative estimate of drug-likeness (QED) is 0.562. The summed E-state index contributed by atoms with van der Waals surface area (Å²) in [4.78, 5) is 29.2. The molecule has 0 aliphatic heterocycles. The van der Waals surface area contributed by atoms with E-state index in [9.17, 15) is 9.59 Å². The molecule has 3 aromatic rings. The van der Waals surface area contributed by atoms with Gasteiger partial charge in [-0.3, -0.25) is 9.59 Å². The van der Waals surface area contributed by atoms with Gasteiger partial charge < -0.3 is 0 Å². The number of carbonyl (C=O) groups excluding carboxylic acids is 1. The molecule has 0 unspecified atom stereocenters. The van der Waals surface area contributed by atoms with Gasteiger partial charge in [0.05, 0.1) is 22.3 Å². The molecule has 0 bridgehead atoms. The highest BCUT2D eigenvalue weighted by Gasteiger charge is 2.15. The second kappa shape index (κ2) is 7.35. The topological polar surface area (TPSA) is 89.2 Å². The lowest BCUT2D eigenvalue weighted by molar-refractivity contribution is 0.0949. The minimum absolute atomic E-state index is 0.176. The van der Waals surface area contributed by atoms with Gasteiger partial charge in [-0.05, 0) is 19.4 Å². The molecule has 0 radical (unpaired) electrons. The van der Waals surface area contributed by atoms with E-state index in [0.717, 1.165) is 11.4 Å². The molecule has 0 atom stereocenters. The molecule has 2 heterocycles. The van der Waals surface area contributed by atoms with Gasteiger partial charge in [0.25, 0.3) is 11.5 Å². The number of thiazole rings is 1. The van der Waals surface area contributed by atoms with Crippen LogP contribution in [0.25, 0.3) is 10.8 Å². The van der Waals surface area contributed by atoms with Crippen LogP contribution in [-0.2, 0) is 6.54 Å². The Hall–Kier alpha value is -2.87. The number of nitrogens with zero attached hydrogens (tertiary/aromatic N) is 4. The lowest BCUT2D eigenvalue weighted by atomic mass is 10.1. The van der Waals surface area contributed by atoms with Crippen LogP contribution >= 0.6 is 11.3 Å². The van der Waals surface area contributed by atoms with Gasteiger partial charge >= 0.3 is 0 Å². The molecule has 1 N–H and O–H groups in total. The molecule has 2 aromatic heterocycles. The minimum Gasteiger partial charge on any atom is -0.267 e. The van der Waals surface area contributed by atoms with Crippen LogP contribution in [0.5, 0.6) is 0 Å². The van der Waals surface area contributed by atoms with Crippen molar-refractivity contribution in [3.8, 4) is 0 Å². The number of hydrogen-bond donors (Lipinski definition) is 1. The first-order valence-corrected chi connectivity index (χ1v) is 8.73. The number of amides is 1. The predicted molar refractivity (Wildman–Crippen MR) is 98.2 cm³/mol. The molecule has 7 nitrogen and oxygen atoms in total. The maximum absolute atomic E-state index is 12.5. The Kier molecular flexibility index (Phi) is 4.99. The Bertz CT molecular complexity index is 1010. The van der Waals surface area contributed by atoms with Crippen LogP contribution in [0.4, 0.5) is 0 Å². The molecule has 1 amide bonds. The van der Waals surface area contributed by atoms with E-state index in [1.807, 2.05) is 19.2 Å². The first-order chi connectivity index (χ1) is 12.1. The van der Waals surface area contributed by atoms with Gasteiger partial charge in [-0.1, -0.05) is 25.1 Å². The predicted octanol–water partition coefficient (Wildman–Crippen LogP) is 2.34. The van der Waals surface area contributed by atoms with Gasteiger partial charge in [0.1, 0.15) is 0 Å². The number of nitrogens with one attached hydrogen (secondary N) is 1. The average molecular weight is 355 g/mol. The first-order valence-electron chi connectivity index (χ1n) is 7.85. The maximum Gasteiger partial charge on any atom is 0.292 e. The Labute approximate surface area is 148 Å². The van der Waals surface area contributed by atoms with Crippen molar-refractivity contribution in [3.05, 3.63) is 56.4 Å². The molecule has 0 saturated carbocycles. The summed E-state index contributed by atoms with van der Waals surface area (Å²) >= 11 is 1.51. The molecular weight excluding hydrogens is 338 g/mol. The standard InChI is InChI=1S/C17H17N5O2S/c1-3-8-22-17(24)14-7-5-4-6-13(14)15(21-22)16(23)20-18-9-12-10-25-11(2)19-12/h4-7,9-10H,3,8H2,1-2H3,(H,20,23)/b18-9-. The summed E-state index contributed by atoms with van der Waals surface area (Å²) in [5, 5.41) is 11.9. The minimum atomic E-state index is -0.468. The van der Waals surface area contributed by atoms with Crippen molar-refractivity contribution in [2.24, 2.45) is 5.10 Å². The van der Waals surface area contributed by atoms with E-state index in [4.69, 9.17) is 0 Å². The molecule has 0 aliphatic rings. The second-order valence-corrected chi connectivity index (χ2v) is 6.48. The zero-order chi connectivity index (χ0) is 17.8. The smallest absolute Gasteiger partial charge is 0.267 e. The van der Waals surface area contributed by atoms with E-state index in [1.165, 1.54) is 22.2 Å². The molecule has 0 fully saturated rings. The maximum atomic E-state index is 12.5. The van der Waals surface area contributed by atoms with Crippen molar-refractivity contribution in [1.29, 1.82) is 0 Å². The zero-order valence-corrected chi connectivity index (χ0v) is 14.7. The normalized spacial score (nSPS) is 11.3. The summed E-state index contributed by atoms with van der Waals surface area (Å²) in [6.07, 6.45) is 2.22. The van der Waals surface area contributed by atoms with Crippen molar-refractivity contribution in [1.82, 2.24) is 20.2 Å². The molecule has 0 saturated heterocycles. The van der Waals surface area contributed by atoms with E-state index in [2.05, 4.69) is 20.6 Å². The van der Waals surface area contributed by atoms with Crippen LogP contribution in [-0.4, -0.2) is 26.9 Å². The summed E-state index contributed by atoms with van der Waals surface area (Å²) in [7, 11) is 0. The van der Waals surface area contributed by atoms with Crippen molar-refractivity contribution in [2.75, 3.05) is 0 Å². The number of rotatable bonds is 5. The van der Waals surface area contributed by atoms with Crippen LogP contribution < -0.4 is 11.0 Å². The SMILES string of the molecule is CCCn1nc(C(=O)N/N=C\c2csc(C)n2)c2ccccc2c1=O. The van der Waals surface area contributed by atoms with Gasteiger partial charge in [-0.25, -0.2) is 15.1 Å². The summed E-state index contributed by atoms with van der Waals surface area (Å²) in [5.41, 5.74) is 3.11. The lowest BCUT2D eigenvalue weighted by Gasteiger charge is -2.09. The fourth-order valence-electron chi connectivity index (χ4n) is 2.42. The van der Waals surface area contributed by atoms with E-state index < -0.39 is 5.91 Å². The summed E-state index contributed by atoms with van der Waals surface area (Å²) in [6, 6.07) is 6.95. The fraction of sp³-hybridized carbons (Fsp3) is 0.235. The molecule has 8 heteroatoms. The molecule has 1 aromatic carbocycles. The van der Waals surface area contributed by atoms with Gasteiger partial charge in [0.15, 0.2) is 5.69 Å². The molecule has 0 spiro atoms. The second-order valence-electron chi connectivity index (χ2n) is 5.41. The number of hydrogen-bond acceptors (Lipinski definition) is 6. The highest BCUT2D eigenvalue weighted by Crippen LogP contribution is 2.13. The van der Waals surface area contributed by atoms with E-state index in [-0.39, 0.29) is 11.3 Å². The van der Waals surface area contributed by atoms with Crippen molar-refractivity contribution in [3.63, 3.8) is 0 Å². The van der Waals surface area contributed by atoms with Crippen LogP contribution in [0.3, 0.4) is 0 Å². The van der Waals surface area contributed by atoms with Crippen LogP contribution in [0.15, 0.2) is 39.5 Å². The highest BCUT2D eigenvalue weighted by atomic mass is 32.1. The molecule has 25 heavy (non-hydrogen) atoms.